The van der Waals surface area contributed by atoms with Gasteiger partial charge >= 0.3 is 0 Å². The van der Waals surface area contributed by atoms with Crippen molar-refractivity contribution in [3.63, 3.8) is 0 Å². The smallest absolute Gasteiger partial charge is 0.261 e. The fraction of sp³-hybridized carbons (Fsp3) is 0.391. The molecule has 0 unspecified atom stereocenters. The number of carbonyl (C=O) groups excluding carboxylic acids is 2. The van der Waals surface area contributed by atoms with E-state index >= 15 is 0 Å². The minimum Gasteiger partial charge on any atom is -0.385 e. The fourth-order valence-electron chi connectivity index (χ4n) is 3.49. The number of rotatable bonds is 10. The first-order valence-corrected chi connectivity index (χ1v) is 12.3. The topological polar surface area (TPSA) is 108 Å². The monoisotopic (exact) mass is 474 g/mol. The summed E-state index contributed by atoms with van der Waals surface area (Å²) in [5, 5.41) is 2.86. The molecule has 2 N–H and O–H groups in total. The Kier molecular flexibility index (Phi) is 8.81. The third kappa shape index (κ3) is 7.28. The van der Waals surface area contributed by atoms with Crippen molar-refractivity contribution in [1.82, 2.24) is 15.1 Å². The SMILES string of the molecule is COCCCNC(=O)CN1CCN(C(=O)c2ccc(S(=O)(=O)Nc3ccccc3)cc2)CC1. The van der Waals surface area contributed by atoms with Crippen LogP contribution in [0.15, 0.2) is 59.5 Å². The first-order chi connectivity index (χ1) is 15.9. The molecule has 0 bridgehead atoms. The Balaban J connectivity index is 1.49. The number of nitrogens with zero attached hydrogens (tertiary/aromatic N) is 2. The van der Waals surface area contributed by atoms with Crippen LogP contribution in [0.4, 0.5) is 5.69 Å². The Hall–Kier alpha value is -2.95. The second-order valence-corrected chi connectivity index (χ2v) is 9.44. The molecule has 0 radical (unpaired) electrons. The predicted molar refractivity (Wildman–Crippen MR) is 126 cm³/mol. The number of hydrogen-bond acceptors (Lipinski definition) is 6. The third-order valence-corrected chi connectivity index (χ3v) is 6.71. The van der Waals surface area contributed by atoms with Crippen LogP contribution in [0.1, 0.15) is 16.8 Å². The van der Waals surface area contributed by atoms with Gasteiger partial charge in [-0.3, -0.25) is 19.2 Å². The summed E-state index contributed by atoms with van der Waals surface area (Å²) in [5.41, 5.74) is 0.900. The van der Waals surface area contributed by atoms with E-state index in [9.17, 15) is 18.0 Å². The lowest BCUT2D eigenvalue weighted by molar-refractivity contribution is -0.122. The van der Waals surface area contributed by atoms with Gasteiger partial charge in [0.15, 0.2) is 0 Å². The number of nitrogens with one attached hydrogen (secondary N) is 2. The van der Waals surface area contributed by atoms with Crippen LogP contribution < -0.4 is 10.0 Å². The third-order valence-electron chi connectivity index (χ3n) is 5.31. The fourth-order valence-corrected chi connectivity index (χ4v) is 4.55. The summed E-state index contributed by atoms with van der Waals surface area (Å²) in [5.74, 6) is -0.189. The molecule has 2 aromatic carbocycles. The summed E-state index contributed by atoms with van der Waals surface area (Å²) < 4.78 is 32.6. The van der Waals surface area contributed by atoms with E-state index in [0.717, 1.165) is 6.42 Å². The average molecular weight is 475 g/mol. The van der Waals surface area contributed by atoms with Crippen molar-refractivity contribution < 1.29 is 22.7 Å². The zero-order valence-corrected chi connectivity index (χ0v) is 19.5. The molecule has 1 aliphatic heterocycles. The maximum Gasteiger partial charge on any atom is 0.261 e. The van der Waals surface area contributed by atoms with Crippen LogP contribution in [0, 0.1) is 0 Å². The van der Waals surface area contributed by atoms with Crippen molar-refractivity contribution in [2.75, 3.05) is 57.7 Å². The summed E-state index contributed by atoms with van der Waals surface area (Å²) in [6.45, 7) is 3.71. The molecule has 2 aromatic rings. The first-order valence-electron chi connectivity index (χ1n) is 10.8. The molecular formula is C23H30N4O5S. The van der Waals surface area contributed by atoms with Gasteiger partial charge in [-0.25, -0.2) is 8.42 Å². The van der Waals surface area contributed by atoms with Crippen LogP contribution in [0.5, 0.6) is 0 Å². The zero-order chi connectivity index (χ0) is 23.7. The van der Waals surface area contributed by atoms with Gasteiger partial charge in [0.05, 0.1) is 11.4 Å². The maximum atomic E-state index is 12.8. The average Bonchev–Trinajstić information content (AvgIpc) is 2.82. The molecule has 1 fully saturated rings. The summed E-state index contributed by atoms with van der Waals surface area (Å²) >= 11 is 0. The molecule has 33 heavy (non-hydrogen) atoms. The van der Waals surface area contributed by atoms with Crippen molar-refractivity contribution >= 4 is 27.5 Å². The predicted octanol–water partition coefficient (Wildman–Crippen LogP) is 1.40. The molecule has 2 amide bonds. The molecule has 0 atom stereocenters. The molecule has 9 nitrogen and oxygen atoms in total. The number of piperazine rings is 1. The molecule has 3 rings (SSSR count). The molecule has 1 saturated heterocycles. The minimum absolute atomic E-state index is 0.0354. The largest absolute Gasteiger partial charge is 0.385 e. The van der Waals surface area contributed by atoms with Gasteiger partial charge < -0.3 is 15.0 Å². The number of para-hydroxylation sites is 1. The van der Waals surface area contributed by atoms with E-state index in [-0.39, 0.29) is 16.7 Å². The van der Waals surface area contributed by atoms with E-state index in [1.54, 1.807) is 42.3 Å². The van der Waals surface area contributed by atoms with Gasteiger partial charge in [-0.2, -0.15) is 0 Å². The van der Waals surface area contributed by atoms with Crippen LogP contribution in [0.25, 0.3) is 0 Å². The Bertz CT molecular complexity index is 1020. The summed E-state index contributed by atoms with van der Waals surface area (Å²) in [6.07, 6.45) is 0.771. The number of anilines is 1. The zero-order valence-electron chi connectivity index (χ0n) is 18.7. The van der Waals surface area contributed by atoms with Crippen molar-refractivity contribution in [1.29, 1.82) is 0 Å². The van der Waals surface area contributed by atoms with Crippen LogP contribution in [-0.2, 0) is 19.6 Å². The van der Waals surface area contributed by atoms with Crippen LogP contribution >= 0.6 is 0 Å². The normalized spacial score (nSPS) is 14.6. The minimum atomic E-state index is -3.74. The van der Waals surface area contributed by atoms with Crippen molar-refractivity contribution in [2.24, 2.45) is 0 Å². The Labute approximate surface area is 194 Å². The Morgan fingerprint density at radius 2 is 1.64 bits per heavy atom. The molecular weight excluding hydrogens is 444 g/mol. The summed E-state index contributed by atoms with van der Waals surface area (Å²) in [6, 6.07) is 14.6. The molecule has 178 valence electrons. The highest BCUT2D eigenvalue weighted by Gasteiger charge is 2.24. The molecule has 0 aromatic heterocycles. The van der Waals surface area contributed by atoms with Gasteiger partial charge in [-0.05, 0) is 42.8 Å². The van der Waals surface area contributed by atoms with Crippen molar-refractivity contribution in [3.05, 3.63) is 60.2 Å². The van der Waals surface area contributed by atoms with E-state index in [4.69, 9.17) is 4.74 Å². The Morgan fingerprint density at radius 1 is 0.970 bits per heavy atom. The number of ether oxygens (including phenoxy) is 1. The lowest BCUT2D eigenvalue weighted by Gasteiger charge is -2.34. The second-order valence-electron chi connectivity index (χ2n) is 7.76. The van der Waals surface area contributed by atoms with Gasteiger partial charge in [0.25, 0.3) is 15.9 Å². The molecule has 0 saturated carbocycles. The molecule has 1 aliphatic rings. The van der Waals surface area contributed by atoms with Gasteiger partial charge in [0.2, 0.25) is 5.91 Å². The number of sulfonamides is 1. The van der Waals surface area contributed by atoms with Crippen LogP contribution in [0.3, 0.4) is 0 Å². The van der Waals surface area contributed by atoms with E-state index < -0.39 is 10.0 Å². The number of hydrogen-bond donors (Lipinski definition) is 2. The molecule has 10 heteroatoms. The molecule has 1 heterocycles. The lowest BCUT2D eigenvalue weighted by atomic mass is 10.2. The van der Waals surface area contributed by atoms with Crippen LogP contribution in [0.2, 0.25) is 0 Å². The van der Waals surface area contributed by atoms with Crippen molar-refractivity contribution in [3.8, 4) is 0 Å². The quantitative estimate of drug-likeness (QED) is 0.504. The van der Waals surface area contributed by atoms with E-state index in [0.29, 0.717) is 57.1 Å². The first kappa shape index (κ1) is 24.7. The number of benzene rings is 2. The maximum absolute atomic E-state index is 12.8. The highest BCUT2D eigenvalue weighted by atomic mass is 32.2. The van der Waals surface area contributed by atoms with Gasteiger partial charge in [-0.1, -0.05) is 18.2 Å². The van der Waals surface area contributed by atoms with Gasteiger partial charge in [0.1, 0.15) is 0 Å². The summed E-state index contributed by atoms with van der Waals surface area (Å²) in [4.78, 5) is 28.7. The van der Waals surface area contributed by atoms with E-state index in [2.05, 4.69) is 10.0 Å². The molecule has 0 aliphatic carbocycles. The van der Waals surface area contributed by atoms with Gasteiger partial charge in [0, 0.05) is 57.7 Å². The van der Waals surface area contributed by atoms with Gasteiger partial charge in [-0.15, -0.1) is 0 Å². The van der Waals surface area contributed by atoms with E-state index in [1.165, 1.54) is 24.3 Å². The van der Waals surface area contributed by atoms with Crippen molar-refractivity contribution in [2.45, 2.75) is 11.3 Å². The highest BCUT2D eigenvalue weighted by Crippen LogP contribution is 2.17. The number of amides is 2. The number of methoxy groups -OCH3 is 1. The van der Waals surface area contributed by atoms with Crippen LogP contribution in [-0.4, -0.2) is 83.0 Å². The Morgan fingerprint density at radius 3 is 2.27 bits per heavy atom. The molecule has 0 spiro atoms. The van der Waals surface area contributed by atoms with E-state index in [1.807, 2.05) is 4.90 Å². The number of carbonyl (C=O) groups is 2. The highest BCUT2D eigenvalue weighted by molar-refractivity contribution is 7.92. The lowest BCUT2D eigenvalue weighted by Crippen LogP contribution is -2.51. The second kappa shape index (κ2) is 11.8. The standard InChI is InChI=1S/C23H30N4O5S/c1-32-17-5-12-24-22(28)18-26-13-15-27(16-14-26)23(29)19-8-10-21(11-9-19)33(30,31)25-20-6-3-2-4-7-20/h2-4,6-11,25H,5,12-18H2,1H3,(H,24,28). The summed E-state index contributed by atoms with van der Waals surface area (Å²) in [7, 11) is -2.11.